The van der Waals surface area contributed by atoms with Gasteiger partial charge in [0.15, 0.2) is 0 Å². The van der Waals surface area contributed by atoms with Crippen LogP contribution in [-0.2, 0) is 25.2 Å². The summed E-state index contributed by atoms with van der Waals surface area (Å²) in [4.78, 5) is 23.4. The number of amides is 2. The minimum Gasteiger partial charge on any atom is -0.370 e. The molecule has 1 aliphatic carbocycles. The van der Waals surface area contributed by atoms with Gasteiger partial charge < -0.3 is 11.5 Å². The first-order valence-corrected chi connectivity index (χ1v) is 10.4. The summed E-state index contributed by atoms with van der Waals surface area (Å²) in [6, 6.07) is 7.14. The fraction of sp³-hybridized carbons (Fsp3) is 0.500. The van der Waals surface area contributed by atoms with E-state index >= 15 is 0 Å². The van der Waals surface area contributed by atoms with Crippen LogP contribution in [0.3, 0.4) is 0 Å². The zero-order valence-electron chi connectivity index (χ0n) is 14.9. The molecule has 2 aliphatic heterocycles. The van der Waals surface area contributed by atoms with E-state index in [9.17, 15) is 18.0 Å². The molecule has 0 aromatic heterocycles. The lowest BCUT2D eigenvalue weighted by atomic mass is 9.88. The van der Waals surface area contributed by atoms with Crippen LogP contribution in [0.1, 0.15) is 37.7 Å². The Hall–Kier alpha value is -2.13. The van der Waals surface area contributed by atoms with Gasteiger partial charge in [0, 0.05) is 18.4 Å². The van der Waals surface area contributed by atoms with E-state index in [4.69, 9.17) is 11.5 Å². The second-order valence-corrected chi connectivity index (χ2v) is 9.47. The maximum absolute atomic E-state index is 13.0. The molecule has 145 valence electrons. The Morgan fingerprint density at radius 1 is 1.11 bits per heavy atom. The summed E-state index contributed by atoms with van der Waals surface area (Å²) in [6.07, 6.45) is 5.11. The molecular weight excluding hydrogens is 368 g/mol. The van der Waals surface area contributed by atoms with E-state index in [0.717, 1.165) is 18.4 Å². The van der Waals surface area contributed by atoms with Gasteiger partial charge in [-0.15, -0.1) is 0 Å². The maximum Gasteiger partial charge on any atom is 0.305 e. The molecule has 2 saturated heterocycles. The van der Waals surface area contributed by atoms with Crippen molar-refractivity contribution in [1.29, 1.82) is 0 Å². The molecule has 0 bridgehead atoms. The van der Waals surface area contributed by atoms with Gasteiger partial charge in [0.1, 0.15) is 5.54 Å². The molecular formula is C18H23N4O4S. The number of benzene rings is 1. The zero-order valence-corrected chi connectivity index (χ0v) is 15.7. The van der Waals surface area contributed by atoms with Crippen molar-refractivity contribution in [2.75, 3.05) is 17.4 Å². The molecule has 9 heteroatoms. The Balaban J connectivity index is 1.66. The molecule has 4 N–H and O–H groups in total. The Morgan fingerprint density at radius 2 is 1.78 bits per heavy atom. The predicted octanol–water partition coefficient (Wildman–Crippen LogP) is 0.183. The van der Waals surface area contributed by atoms with Crippen molar-refractivity contribution in [3.8, 4) is 0 Å². The van der Waals surface area contributed by atoms with Crippen molar-refractivity contribution in [2.24, 2.45) is 11.5 Å². The molecule has 1 radical (unpaired) electrons. The van der Waals surface area contributed by atoms with Crippen LogP contribution in [0.25, 0.3) is 0 Å². The average molecular weight is 391 g/mol. The molecule has 8 nitrogen and oxygen atoms in total. The normalized spacial score (nSPS) is 28.5. The highest BCUT2D eigenvalue weighted by Gasteiger charge is 2.59. The average Bonchev–Trinajstić information content (AvgIpc) is 3.34. The van der Waals surface area contributed by atoms with Crippen LogP contribution in [0, 0.1) is 6.42 Å². The van der Waals surface area contributed by atoms with Gasteiger partial charge in [0.05, 0.1) is 12.2 Å². The third-order valence-corrected chi connectivity index (χ3v) is 7.96. The third-order valence-electron chi connectivity index (χ3n) is 5.99. The topological polar surface area (TPSA) is 127 Å². The Morgan fingerprint density at radius 3 is 2.30 bits per heavy atom. The number of piperidine rings is 1. The summed E-state index contributed by atoms with van der Waals surface area (Å²) in [5, 5.41) is 0. The van der Waals surface area contributed by atoms with Gasteiger partial charge in [-0.3, -0.25) is 13.9 Å². The largest absolute Gasteiger partial charge is 0.370 e. The lowest BCUT2D eigenvalue weighted by Crippen LogP contribution is -2.59. The zero-order chi connectivity index (χ0) is 19.4. The molecule has 1 aromatic rings. The summed E-state index contributed by atoms with van der Waals surface area (Å²) in [5.74, 6) is -0.988. The minimum atomic E-state index is -3.84. The first-order valence-electron chi connectivity index (χ1n) is 9.05. The monoisotopic (exact) mass is 391 g/mol. The molecule has 4 rings (SSSR count). The summed E-state index contributed by atoms with van der Waals surface area (Å²) in [7, 11) is -3.84. The second-order valence-electron chi connectivity index (χ2n) is 7.69. The highest BCUT2D eigenvalue weighted by molar-refractivity contribution is 7.90. The first kappa shape index (κ1) is 18.2. The number of hydrogen-bond acceptors (Lipinski definition) is 4. The number of primary amides is 2. The number of carbonyl (C=O) groups is 2. The molecule has 1 saturated carbocycles. The fourth-order valence-electron chi connectivity index (χ4n) is 4.32. The van der Waals surface area contributed by atoms with E-state index < -0.39 is 21.7 Å². The Bertz CT molecular complexity index is 894. The smallest absolute Gasteiger partial charge is 0.305 e. The van der Waals surface area contributed by atoms with Crippen LogP contribution < -0.4 is 15.8 Å². The quantitative estimate of drug-likeness (QED) is 0.742. The highest BCUT2D eigenvalue weighted by Crippen LogP contribution is 2.51. The summed E-state index contributed by atoms with van der Waals surface area (Å²) in [5.41, 5.74) is 10.9. The van der Waals surface area contributed by atoms with Gasteiger partial charge in [-0.25, -0.2) is 0 Å². The molecule has 1 atom stereocenters. The van der Waals surface area contributed by atoms with Gasteiger partial charge in [-0.2, -0.15) is 12.7 Å². The van der Waals surface area contributed by atoms with E-state index in [-0.39, 0.29) is 24.4 Å². The number of carbonyl (C=O) groups excluding carboxylic acids is 2. The highest BCUT2D eigenvalue weighted by atomic mass is 32.2. The third kappa shape index (κ3) is 2.71. The Kier molecular flexibility index (Phi) is 4.01. The van der Waals surface area contributed by atoms with Crippen LogP contribution in [-0.4, -0.2) is 43.2 Å². The molecule has 27 heavy (non-hydrogen) atoms. The van der Waals surface area contributed by atoms with E-state index in [1.165, 1.54) is 8.61 Å². The first-order chi connectivity index (χ1) is 12.7. The SMILES string of the molecule is NC(=O)CC1(c2ccc(N3C[C@@]4(C(N)=O)[CH]CCCN4S3(=O)=O)cc2)CC1. The molecule has 3 fully saturated rings. The van der Waals surface area contributed by atoms with Crippen LogP contribution in [0.4, 0.5) is 5.69 Å². The predicted molar refractivity (Wildman–Crippen MR) is 99.6 cm³/mol. The standard InChI is InChI=1S/C18H23N4O4S/c19-15(23)11-17(8-9-17)13-3-5-14(6-4-13)21-12-18(16(20)24)7-1-2-10-22(18)27(21,25)26/h3-7H,1-2,8-12H2,(H2,19,23)(H2,20,24)/t18-/m1/s1. The van der Waals surface area contributed by atoms with Gasteiger partial charge in [0.2, 0.25) is 11.8 Å². The molecule has 2 heterocycles. The lowest BCUT2D eigenvalue weighted by molar-refractivity contribution is -0.125. The summed E-state index contributed by atoms with van der Waals surface area (Å²) < 4.78 is 28.5. The number of rotatable bonds is 5. The van der Waals surface area contributed by atoms with E-state index in [0.29, 0.717) is 24.9 Å². The van der Waals surface area contributed by atoms with Crippen molar-refractivity contribution < 1.29 is 18.0 Å². The molecule has 0 unspecified atom stereocenters. The lowest BCUT2D eigenvalue weighted by Gasteiger charge is -2.35. The van der Waals surface area contributed by atoms with E-state index in [1.807, 2.05) is 12.1 Å². The Labute approximate surface area is 158 Å². The number of anilines is 1. The summed E-state index contributed by atoms with van der Waals surface area (Å²) >= 11 is 0. The minimum absolute atomic E-state index is 0.0174. The molecule has 0 spiro atoms. The van der Waals surface area contributed by atoms with Gasteiger partial charge >= 0.3 is 10.2 Å². The fourth-order valence-corrected chi connectivity index (χ4v) is 6.30. The van der Waals surface area contributed by atoms with Crippen molar-refractivity contribution in [3.05, 3.63) is 36.2 Å². The molecule has 1 aromatic carbocycles. The van der Waals surface area contributed by atoms with Gasteiger partial charge in [0.25, 0.3) is 0 Å². The summed E-state index contributed by atoms with van der Waals surface area (Å²) in [6.45, 7) is 0.258. The van der Waals surface area contributed by atoms with E-state index in [1.54, 1.807) is 18.6 Å². The number of nitrogens with two attached hydrogens (primary N) is 2. The van der Waals surface area contributed by atoms with Crippen molar-refractivity contribution in [3.63, 3.8) is 0 Å². The number of nitrogens with zero attached hydrogens (tertiary/aromatic N) is 2. The molecule has 2 amide bonds. The second kappa shape index (κ2) is 5.93. The van der Waals surface area contributed by atoms with Crippen molar-refractivity contribution in [1.82, 2.24) is 4.31 Å². The van der Waals surface area contributed by atoms with Crippen LogP contribution in [0.2, 0.25) is 0 Å². The number of fused-ring (bicyclic) bond motifs is 1. The van der Waals surface area contributed by atoms with Crippen molar-refractivity contribution >= 4 is 27.7 Å². The number of hydrogen-bond donors (Lipinski definition) is 2. The van der Waals surface area contributed by atoms with Gasteiger partial charge in [-0.05, 0) is 49.8 Å². The van der Waals surface area contributed by atoms with Crippen LogP contribution in [0.15, 0.2) is 24.3 Å². The van der Waals surface area contributed by atoms with E-state index in [2.05, 4.69) is 0 Å². The van der Waals surface area contributed by atoms with Crippen LogP contribution in [0.5, 0.6) is 0 Å². The maximum atomic E-state index is 13.0. The van der Waals surface area contributed by atoms with Crippen LogP contribution >= 0.6 is 0 Å². The van der Waals surface area contributed by atoms with Crippen molar-refractivity contribution in [2.45, 2.75) is 43.1 Å². The molecule has 3 aliphatic rings. The van der Waals surface area contributed by atoms with Gasteiger partial charge in [-0.1, -0.05) is 12.1 Å².